The van der Waals surface area contributed by atoms with Gasteiger partial charge in [0.15, 0.2) is 0 Å². The zero-order chi connectivity index (χ0) is 18.9. The van der Waals surface area contributed by atoms with E-state index in [1.54, 1.807) is 42.5 Å². The highest BCUT2D eigenvalue weighted by Gasteiger charge is 2.10. The quantitative estimate of drug-likeness (QED) is 0.159. The third kappa shape index (κ3) is 5.67. The minimum atomic E-state index is -1.58. The van der Waals surface area contributed by atoms with Crippen molar-refractivity contribution in [3.8, 4) is 0 Å². The third-order valence-corrected chi connectivity index (χ3v) is 3.30. The van der Waals surface area contributed by atoms with Gasteiger partial charge in [-0.1, -0.05) is 36.4 Å². The maximum atomic E-state index is 12.0. The van der Waals surface area contributed by atoms with Gasteiger partial charge in [0.2, 0.25) is 0 Å². The summed E-state index contributed by atoms with van der Waals surface area (Å²) < 4.78 is 0. The van der Waals surface area contributed by atoms with Gasteiger partial charge in [0, 0.05) is 11.6 Å². The second kappa shape index (κ2) is 9.28. The van der Waals surface area contributed by atoms with E-state index in [4.69, 9.17) is 15.3 Å². The number of benzene rings is 2. The number of hydrazone groups is 1. The molecule has 0 radical (unpaired) electrons. The maximum absolute atomic E-state index is 12.0. The fraction of sp³-hybridized carbons (Fsp3) is 0. The van der Waals surface area contributed by atoms with E-state index in [0.29, 0.717) is 22.2 Å². The molecule has 0 saturated carbocycles. The van der Waals surface area contributed by atoms with E-state index in [1.807, 2.05) is 0 Å². The highest BCUT2D eigenvalue weighted by molar-refractivity contribution is 6.58. The fourth-order valence-corrected chi connectivity index (χ4v) is 1.98. The normalized spacial score (nSPS) is 10.9. The minimum Gasteiger partial charge on any atom is -0.423 e. The lowest BCUT2D eigenvalue weighted by Gasteiger charge is -2.02. The van der Waals surface area contributed by atoms with Gasteiger partial charge in [0.25, 0.3) is 11.8 Å². The number of carbonyl (C=O) groups excluding carboxylic acids is 2. The molecule has 9 heteroatoms. The number of hydrogen-bond donors (Lipinski definition) is 5. The average Bonchev–Trinajstić information content (AvgIpc) is 2.66. The second-order valence-corrected chi connectivity index (χ2v) is 5.17. The lowest BCUT2D eigenvalue weighted by Crippen LogP contribution is -2.29. The van der Waals surface area contributed by atoms with Crippen molar-refractivity contribution in [1.82, 2.24) is 10.9 Å². The van der Waals surface area contributed by atoms with Crippen molar-refractivity contribution in [1.29, 1.82) is 0 Å². The van der Waals surface area contributed by atoms with Crippen molar-refractivity contribution in [3.05, 3.63) is 71.3 Å². The predicted molar refractivity (Wildman–Crippen MR) is 96.7 cm³/mol. The van der Waals surface area contributed by atoms with Crippen molar-refractivity contribution >= 4 is 36.7 Å². The molecule has 2 amide bonds. The molecular weight excluding hydrogens is 337 g/mol. The Balaban J connectivity index is 1.96. The van der Waals surface area contributed by atoms with Crippen molar-refractivity contribution in [2.75, 3.05) is 0 Å². The molecule has 5 N–H and O–H groups in total. The highest BCUT2D eigenvalue weighted by atomic mass is 16.5. The van der Waals surface area contributed by atoms with Crippen LogP contribution in [0.15, 0.2) is 59.7 Å². The molecule has 0 aliphatic heterocycles. The molecule has 2 aromatic carbocycles. The lowest BCUT2D eigenvalue weighted by atomic mass is 9.80. The Morgan fingerprint density at radius 1 is 1.04 bits per heavy atom. The molecule has 0 atom stereocenters. The maximum Gasteiger partial charge on any atom is 0.488 e. The average molecular weight is 353 g/mol. The Kier molecular flexibility index (Phi) is 6.80. The van der Waals surface area contributed by atoms with E-state index >= 15 is 0 Å². The molecule has 0 unspecified atom stereocenters. The van der Waals surface area contributed by atoms with Gasteiger partial charge in [0.1, 0.15) is 0 Å². The number of amides is 2. The van der Waals surface area contributed by atoms with Crippen LogP contribution in [0.4, 0.5) is 0 Å². The molecule has 0 spiro atoms. The number of nitrogens with one attached hydrogen (secondary N) is 2. The van der Waals surface area contributed by atoms with Gasteiger partial charge in [-0.25, -0.2) is 10.9 Å². The Hall–Kier alpha value is -3.27. The van der Waals surface area contributed by atoms with Gasteiger partial charge in [0.05, 0.1) is 6.21 Å². The van der Waals surface area contributed by atoms with Gasteiger partial charge in [-0.05, 0) is 34.8 Å². The summed E-state index contributed by atoms with van der Waals surface area (Å²) in [7, 11) is -1.58. The van der Waals surface area contributed by atoms with Crippen LogP contribution in [0.1, 0.15) is 21.5 Å². The Labute approximate surface area is 149 Å². The zero-order valence-corrected chi connectivity index (χ0v) is 13.5. The predicted octanol–water partition coefficient (Wildman–Crippen LogP) is -0.351. The summed E-state index contributed by atoms with van der Waals surface area (Å²) in [6, 6.07) is 12.8. The first kappa shape index (κ1) is 19.1. The largest absolute Gasteiger partial charge is 0.488 e. The molecule has 0 heterocycles. The van der Waals surface area contributed by atoms with Crippen LogP contribution in [0.3, 0.4) is 0 Å². The van der Waals surface area contributed by atoms with Crippen LogP contribution < -0.4 is 16.4 Å². The first-order valence-corrected chi connectivity index (χ1v) is 7.51. The van der Waals surface area contributed by atoms with E-state index in [0.717, 1.165) is 6.08 Å². The summed E-state index contributed by atoms with van der Waals surface area (Å²) in [6.07, 6.45) is 4.01. The van der Waals surface area contributed by atoms with Crippen LogP contribution in [0.5, 0.6) is 0 Å². The van der Waals surface area contributed by atoms with Crippen LogP contribution in [0.25, 0.3) is 6.08 Å². The summed E-state index contributed by atoms with van der Waals surface area (Å²) in [5.41, 5.74) is 5.80. The van der Waals surface area contributed by atoms with Crippen molar-refractivity contribution in [3.63, 3.8) is 0 Å². The molecule has 8 nitrogen and oxygen atoms in total. The van der Waals surface area contributed by atoms with Crippen LogP contribution in [-0.2, 0) is 4.79 Å². The zero-order valence-electron chi connectivity index (χ0n) is 13.5. The lowest BCUT2D eigenvalue weighted by molar-refractivity contribution is -0.124. The van der Waals surface area contributed by atoms with E-state index in [-0.39, 0.29) is 0 Å². The molecule has 0 fully saturated rings. The molecule has 0 aliphatic rings. The fourth-order valence-electron chi connectivity index (χ4n) is 1.98. The molecule has 26 heavy (non-hydrogen) atoms. The molecule has 2 aromatic rings. The van der Waals surface area contributed by atoms with Gasteiger partial charge < -0.3 is 10.0 Å². The van der Waals surface area contributed by atoms with Crippen molar-refractivity contribution in [2.24, 2.45) is 5.10 Å². The van der Waals surface area contributed by atoms with E-state index in [2.05, 4.69) is 10.5 Å². The smallest absolute Gasteiger partial charge is 0.423 e. The topological polar surface area (TPSA) is 131 Å². The van der Waals surface area contributed by atoms with Gasteiger partial charge >= 0.3 is 7.12 Å². The number of carbonyl (C=O) groups is 2. The SMILES string of the molecule is O=C(/C=C/c1ccc(C(=O)N/N=C/c2cccc(B(O)O)c2)cc1)NO. The molecule has 0 saturated heterocycles. The number of hydrogen-bond acceptors (Lipinski definition) is 6. The summed E-state index contributed by atoms with van der Waals surface area (Å²) in [5, 5.41) is 30.5. The summed E-state index contributed by atoms with van der Waals surface area (Å²) >= 11 is 0. The first-order valence-electron chi connectivity index (χ1n) is 7.51. The number of rotatable bonds is 6. The molecule has 0 aromatic heterocycles. The number of hydroxylamine groups is 1. The summed E-state index contributed by atoms with van der Waals surface area (Å²) in [4.78, 5) is 22.9. The summed E-state index contributed by atoms with van der Waals surface area (Å²) in [5.74, 6) is -1.08. The van der Waals surface area contributed by atoms with Crippen LogP contribution in [-0.4, -0.2) is 40.4 Å². The monoisotopic (exact) mass is 353 g/mol. The molecule has 2 rings (SSSR count). The van der Waals surface area contributed by atoms with E-state index < -0.39 is 18.9 Å². The van der Waals surface area contributed by atoms with Crippen LogP contribution in [0, 0.1) is 0 Å². The molecule has 0 aliphatic carbocycles. The van der Waals surface area contributed by atoms with Crippen LogP contribution in [0.2, 0.25) is 0 Å². The molecule has 0 bridgehead atoms. The van der Waals surface area contributed by atoms with E-state index in [1.165, 1.54) is 23.8 Å². The molecule has 132 valence electrons. The van der Waals surface area contributed by atoms with Crippen molar-refractivity contribution < 1.29 is 24.8 Å². The van der Waals surface area contributed by atoms with Gasteiger partial charge in [-0.2, -0.15) is 5.10 Å². The standard InChI is InChI=1S/C17H16BN3O5/c22-16(21-26)9-6-12-4-7-14(8-5-12)17(23)20-19-11-13-2-1-3-15(10-13)18(24)25/h1-11,24-26H,(H,20,23)(H,21,22)/b9-6+,19-11+. The Morgan fingerprint density at radius 2 is 1.77 bits per heavy atom. The molecular formula is C17H16BN3O5. The van der Waals surface area contributed by atoms with E-state index in [9.17, 15) is 9.59 Å². The van der Waals surface area contributed by atoms with Crippen LogP contribution >= 0.6 is 0 Å². The second-order valence-electron chi connectivity index (χ2n) is 5.17. The first-order chi connectivity index (χ1) is 12.5. The summed E-state index contributed by atoms with van der Waals surface area (Å²) in [6.45, 7) is 0. The highest BCUT2D eigenvalue weighted by Crippen LogP contribution is 2.06. The third-order valence-electron chi connectivity index (χ3n) is 3.30. The van der Waals surface area contributed by atoms with Gasteiger partial charge in [-0.15, -0.1) is 0 Å². The Morgan fingerprint density at radius 3 is 2.42 bits per heavy atom. The number of nitrogens with zero attached hydrogens (tertiary/aromatic N) is 1. The van der Waals surface area contributed by atoms with Crippen molar-refractivity contribution in [2.45, 2.75) is 0 Å². The van der Waals surface area contributed by atoms with Gasteiger partial charge in [-0.3, -0.25) is 14.8 Å². The minimum absolute atomic E-state index is 0.318. The Bertz CT molecular complexity index is 835.